The minimum Gasteiger partial charge on any atom is -0.384 e. The van der Waals surface area contributed by atoms with Crippen LogP contribution in [0.4, 0.5) is 0 Å². The fourth-order valence-corrected chi connectivity index (χ4v) is 1.68. The Kier molecular flexibility index (Phi) is 3.69. The van der Waals surface area contributed by atoms with E-state index in [1.807, 2.05) is 6.07 Å². The van der Waals surface area contributed by atoms with Gasteiger partial charge in [-0.25, -0.2) is 0 Å². The standard InChI is InChI=1S/C10H12BrNO3/c11-7-1-2-8(12-5-7)10(13)9-6-14-3-4-15-9/h1-2,5,9-10,13H,3-4,6H2. The maximum absolute atomic E-state index is 9.95. The van der Waals surface area contributed by atoms with Crippen molar-refractivity contribution in [1.29, 1.82) is 0 Å². The molecular formula is C10H12BrNO3. The Labute approximate surface area is 96.4 Å². The number of aliphatic hydroxyl groups is 1. The third-order valence-electron chi connectivity index (χ3n) is 2.25. The van der Waals surface area contributed by atoms with Crippen LogP contribution in [-0.2, 0) is 9.47 Å². The molecule has 0 aromatic carbocycles. The SMILES string of the molecule is OC(c1ccc(Br)cn1)C1COCCO1. The van der Waals surface area contributed by atoms with Crippen molar-refractivity contribution in [2.75, 3.05) is 19.8 Å². The molecule has 1 aliphatic rings. The molecule has 1 aromatic rings. The topological polar surface area (TPSA) is 51.6 Å². The van der Waals surface area contributed by atoms with Gasteiger partial charge in [-0.05, 0) is 28.1 Å². The van der Waals surface area contributed by atoms with Crippen LogP contribution < -0.4 is 0 Å². The van der Waals surface area contributed by atoms with Crippen LogP contribution in [0.2, 0.25) is 0 Å². The van der Waals surface area contributed by atoms with Crippen LogP contribution in [0.1, 0.15) is 11.8 Å². The summed E-state index contributed by atoms with van der Waals surface area (Å²) < 4.78 is 11.5. The average Bonchev–Trinajstić information content (AvgIpc) is 2.30. The zero-order chi connectivity index (χ0) is 10.7. The van der Waals surface area contributed by atoms with E-state index in [-0.39, 0.29) is 6.10 Å². The molecule has 15 heavy (non-hydrogen) atoms. The first-order valence-corrected chi connectivity index (χ1v) is 5.55. The minimum atomic E-state index is -0.724. The molecule has 0 saturated carbocycles. The molecule has 1 N–H and O–H groups in total. The first kappa shape index (κ1) is 11.0. The van der Waals surface area contributed by atoms with Gasteiger partial charge in [0.05, 0.1) is 25.5 Å². The van der Waals surface area contributed by atoms with Gasteiger partial charge >= 0.3 is 0 Å². The molecule has 0 aliphatic carbocycles. The van der Waals surface area contributed by atoms with Crippen molar-refractivity contribution in [3.63, 3.8) is 0 Å². The molecule has 2 rings (SSSR count). The number of aliphatic hydroxyl groups excluding tert-OH is 1. The average molecular weight is 274 g/mol. The third kappa shape index (κ3) is 2.75. The molecule has 4 nitrogen and oxygen atoms in total. The highest BCUT2D eigenvalue weighted by Crippen LogP contribution is 2.20. The summed E-state index contributed by atoms with van der Waals surface area (Å²) in [7, 11) is 0. The molecule has 2 unspecified atom stereocenters. The number of hydrogen-bond acceptors (Lipinski definition) is 4. The van der Waals surface area contributed by atoms with E-state index in [1.165, 1.54) is 0 Å². The number of hydrogen-bond donors (Lipinski definition) is 1. The molecule has 1 aromatic heterocycles. The molecule has 0 bridgehead atoms. The summed E-state index contributed by atoms with van der Waals surface area (Å²) in [5.41, 5.74) is 0.605. The van der Waals surface area contributed by atoms with Crippen molar-refractivity contribution >= 4 is 15.9 Å². The van der Waals surface area contributed by atoms with Gasteiger partial charge in [0.1, 0.15) is 12.2 Å². The van der Waals surface area contributed by atoms with Crippen molar-refractivity contribution in [2.45, 2.75) is 12.2 Å². The van der Waals surface area contributed by atoms with Crippen LogP contribution >= 0.6 is 15.9 Å². The van der Waals surface area contributed by atoms with E-state index in [2.05, 4.69) is 20.9 Å². The lowest BCUT2D eigenvalue weighted by molar-refractivity contribution is -0.134. The predicted molar refractivity (Wildman–Crippen MR) is 57.5 cm³/mol. The van der Waals surface area contributed by atoms with Crippen molar-refractivity contribution in [2.24, 2.45) is 0 Å². The van der Waals surface area contributed by atoms with Crippen LogP contribution in [0.3, 0.4) is 0 Å². The summed E-state index contributed by atoms with van der Waals surface area (Å²) in [4.78, 5) is 4.12. The highest BCUT2D eigenvalue weighted by molar-refractivity contribution is 9.10. The summed E-state index contributed by atoms with van der Waals surface area (Å²) in [6, 6.07) is 3.61. The molecule has 1 fully saturated rings. The Balaban J connectivity index is 2.05. The zero-order valence-electron chi connectivity index (χ0n) is 8.10. The molecule has 0 radical (unpaired) electrons. The fourth-order valence-electron chi connectivity index (χ4n) is 1.44. The monoisotopic (exact) mass is 273 g/mol. The Morgan fingerprint density at radius 1 is 1.47 bits per heavy atom. The van der Waals surface area contributed by atoms with Gasteiger partial charge in [-0.15, -0.1) is 0 Å². The van der Waals surface area contributed by atoms with Gasteiger partial charge in [0.15, 0.2) is 0 Å². The summed E-state index contributed by atoms with van der Waals surface area (Å²) in [6.45, 7) is 1.54. The minimum absolute atomic E-state index is 0.313. The molecule has 0 amide bonds. The van der Waals surface area contributed by atoms with Gasteiger partial charge < -0.3 is 14.6 Å². The normalized spacial score (nSPS) is 23.7. The Hall–Kier alpha value is -0.490. The largest absolute Gasteiger partial charge is 0.384 e. The molecule has 5 heteroatoms. The smallest absolute Gasteiger partial charge is 0.124 e. The second-order valence-corrected chi connectivity index (χ2v) is 4.25. The summed E-state index contributed by atoms with van der Waals surface area (Å²) in [5.74, 6) is 0. The first-order valence-electron chi connectivity index (χ1n) is 4.76. The molecule has 1 aliphatic heterocycles. The molecule has 2 atom stereocenters. The van der Waals surface area contributed by atoms with Crippen molar-refractivity contribution < 1.29 is 14.6 Å². The summed E-state index contributed by atoms with van der Waals surface area (Å²) in [5, 5.41) is 9.95. The zero-order valence-corrected chi connectivity index (χ0v) is 9.68. The van der Waals surface area contributed by atoms with Crippen LogP contribution in [-0.4, -0.2) is 36.0 Å². The molecule has 2 heterocycles. The Morgan fingerprint density at radius 3 is 2.93 bits per heavy atom. The number of nitrogens with zero attached hydrogens (tertiary/aromatic N) is 1. The van der Waals surface area contributed by atoms with Crippen LogP contribution in [0.15, 0.2) is 22.8 Å². The van der Waals surface area contributed by atoms with Crippen molar-refractivity contribution in [3.8, 4) is 0 Å². The maximum Gasteiger partial charge on any atom is 0.124 e. The summed E-state index contributed by atoms with van der Waals surface area (Å²) in [6.07, 6.45) is 0.619. The van der Waals surface area contributed by atoms with E-state index in [9.17, 15) is 5.11 Å². The maximum atomic E-state index is 9.95. The van der Waals surface area contributed by atoms with Gasteiger partial charge in [0, 0.05) is 10.7 Å². The van der Waals surface area contributed by atoms with Gasteiger partial charge in [-0.1, -0.05) is 0 Å². The molecule has 82 valence electrons. The van der Waals surface area contributed by atoms with E-state index < -0.39 is 6.10 Å². The van der Waals surface area contributed by atoms with Gasteiger partial charge in [0.25, 0.3) is 0 Å². The van der Waals surface area contributed by atoms with E-state index in [0.717, 1.165) is 4.47 Å². The number of rotatable bonds is 2. The highest BCUT2D eigenvalue weighted by Gasteiger charge is 2.25. The number of halogens is 1. The quantitative estimate of drug-likeness (QED) is 0.883. The van der Waals surface area contributed by atoms with Crippen LogP contribution in [0, 0.1) is 0 Å². The lowest BCUT2D eigenvalue weighted by atomic mass is 10.1. The number of pyridine rings is 1. The van der Waals surface area contributed by atoms with Crippen molar-refractivity contribution in [3.05, 3.63) is 28.5 Å². The molecule has 0 spiro atoms. The number of ether oxygens (including phenoxy) is 2. The third-order valence-corrected chi connectivity index (χ3v) is 2.72. The predicted octanol–water partition coefficient (Wildman–Crippen LogP) is 1.29. The van der Waals surface area contributed by atoms with Crippen LogP contribution in [0.5, 0.6) is 0 Å². The Bertz CT molecular complexity index is 311. The van der Waals surface area contributed by atoms with Gasteiger partial charge in [0.2, 0.25) is 0 Å². The first-order chi connectivity index (χ1) is 7.27. The van der Waals surface area contributed by atoms with E-state index in [0.29, 0.717) is 25.5 Å². The van der Waals surface area contributed by atoms with Gasteiger partial charge in [-0.3, -0.25) is 4.98 Å². The lowest BCUT2D eigenvalue weighted by Crippen LogP contribution is -2.34. The summed E-state index contributed by atoms with van der Waals surface area (Å²) >= 11 is 3.29. The number of aromatic nitrogens is 1. The fraction of sp³-hybridized carbons (Fsp3) is 0.500. The molecule has 1 saturated heterocycles. The lowest BCUT2D eigenvalue weighted by Gasteiger charge is -2.26. The molecular weight excluding hydrogens is 262 g/mol. The van der Waals surface area contributed by atoms with E-state index >= 15 is 0 Å². The van der Waals surface area contributed by atoms with Crippen LogP contribution in [0.25, 0.3) is 0 Å². The second kappa shape index (κ2) is 5.03. The van der Waals surface area contributed by atoms with Crippen molar-refractivity contribution in [1.82, 2.24) is 4.98 Å². The van der Waals surface area contributed by atoms with Gasteiger partial charge in [-0.2, -0.15) is 0 Å². The van der Waals surface area contributed by atoms with E-state index in [4.69, 9.17) is 9.47 Å². The Morgan fingerprint density at radius 2 is 2.33 bits per heavy atom. The second-order valence-electron chi connectivity index (χ2n) is 3.33. The highest BCUT2D eigenvalue weighted by atomic mass is 79.9. The van der Waals surface area contributed by atoms with E-state index in [1.54, 1.807) is 12.3 Å².